The van der Waals surface area contributed by atoms with Gasteiger partial charge in [0.15, 0.2) is 0 Å². The van der Waals surface area contributed by atoms with Gasteiger partial charge < -0.3 is 21.1 Å². The lowest BCUT2D eigenvalue weighted by Gasteiger charge is -2.26. The molecule has 0 aromatic heterocycles. The van der Waals surface area contributed by atoms with Crippen molar-refractivity contribution in [3.05, 3.63) is 18.2 Å². The summed E-state index contributed by atoms with van der Waals surface area (Å²) >= 11 is 0. The van der Waals surface area contributed by atoms with Gasteiger partial charge in [0.05, 0.1) is 18.8 Å². The van der Waals surface area contributed by atoms with Crippen LogP contribution in [-0.4, -0.2) is 25.6 Å². The number of anilines is 2. The third kappa shape index (κ3) is 4.69. The normalized spacial score (nSPS) is 10.5. The monoisotopic (exact) mass is 265 g/mol. The SMILES string of the molecule is CCOc1cc(N(CC(N)=O)CC(C)C)ccc1N. The lowest BCUT2D eigenvalue weighted by atomic mass is 10.1. The van der Waals surface area contributed by atoms with Crippen molar-refractivity contribution >= 4 is 17.3 Å². The molecule has 1 aromatic carbocycles. The smallest absolute Gasteiger partial charge is 0.236 e. The lowest BCUT2D eigenvalue weighted by molar-refractivity contribution is -0.116. The zero-order valence-corrected chi connectivity index (χ0v) is 11.8. The third-order valence-electron chi connectivity index (χ3n) is 2.59. The van der Waals surface area contributed by atoms with Crippen LogP contribution in [-0.2, 0) is 4.79 Å². The molecule has 5 heteroatoms. The zero-order chi connectivity index (χ0) is 14.4. The molecule has 1 aromatic rings. The Bertz CT molecular complexity index is 433. The Hall–Kier alpha value is -1.91. The Balaban J connectivity index is 3.00. The number of hydrogen-bond donors (Lipinski definition) is 2. The van der Waals surface area contributed by atoms with Gasteiger partial charge in [-0.3, -0.25) is 4.79 Å². The molecule has 0 radical (unpaired) electrons. The number of amides is 1. The van der Waals surface area contributed by atoms with Crippen LogP contribution in [0.3, 0.4) is 0 Å². The van der Waals surface area contributed by atoms with Crippen LogP contribution in [0.5, 0.6) is 5.75 Å². The number of benzene rings is 1. The number of rotatable bonds is 7. The summed E-state index contributed by atoms with van der Waals surface area (Å²) in [5, 5.41) is 0. The average Bonchev–Trinajstić information content (AvgIpc) is 2.30. The summed E-state index contributed by atoms with van der Waals surface area (Å²) in [5.41, 5.74) is 12.6. The van der Waals surface area contributed by atoms with Gasteiger partial charge in [-0.25, -0.2) is 0 Å². The molecule has 0 unspecified atom stereocenters. The molecule has 1 rings (SSSR count). The predicted octanol–water partition coefficient (Wildman–Crippen LogP) is 1.62. The van der Waals surface area contributed by atoms with Gasteiger partial charge in [0.1, 0.15) is 5.75 Å². The molecule has 0 fully saturated rings. The number of primary amides is 1. The molecule has 19 heavy (non-hydrogen) atoms. The van der Waals surface area contributed by atoms with Crippen molar-refractivity contribution in [3.8, 4) is 5.75 Å². The van der Waals surface area contributed by atoms with E-state index in [2.05, 4.69) is 13.8 Å². The highest BCUT2D eigenvalue weighted by Crippen LogP contribution is 2.28. The van der Waals surface area contributed by atoms with Crippen LogP contribution >= 0.6 is 0 Å². The molecule has 0 saturated heterocycles. The summed E-state index contributed by atoms with van der Waals surface area (Å²) in [7, 11) is 0. The van der Waals surface area contributed by atoms with Crippen LogP contribution in [0.25, 0.3) is 0 Å². The molecule has 5 nitrogen and oxygen atoms in total. The van der Waals surface area contributed by atoms with Crippen LogP contribution in [0.15, 0.2) is 18.2 Å². The Morgan fingerprint density at radius 2 is 2.11 bits per heavy atom. The highest BCUT2D eigenvalue weighted by atomic mass is 16.5. The Morgan fingerprint density at radius 3 is 2.63 bits per heavy atom. The highest BCUT2D eigenvalue weighted by molar-refractivity contribution is 5.80. The summed E-state index contributed by atoms with van der Waals surface area (Å²) in [6.45, 7) is 7.57. The standard InChI is InChI=1S/C14H23N3O2/c1-4-19-13-7-11(5-6-12(13)15)17(8-10(2)3)9-14(16)18/h5-7,10H,4,8-9,15H2,1-3H3,(H2,16,18). The van der Waals surface area contributed by atoms with Gasteiger partial charge in [-0.05, 0) is 25.0 Å². The molecular weight excluding hydrogens is 242 g/mol. The number of nitrogens with zero attached hydrogens (tertiary/aromatic N) is 1. The minimum Gasteiger partial charge on any atom is -0.492 e. The van der Waals surface area contributed by atoms with Gasteiger partial charge in [0.25, 0.3) is 0 Å². The van der Waals surface area contributed by atoms with E-state index in [0.29, 0.717) is 24.0 Å². The topological polar surface area (TPSA) is 81.6 Å². The van der Waals surface area contributed by atoms with Crippen molar-refractivity contribution in [2.45, 2.75) is 20.8 Å². The van der Waals surface area contributed by atoms with Crippen LogP contribution in [0, 0.1) is 5.92 Å². The maximum Gasteiger partial charge on any atom is 0.236 e. The fraction of sp³-hybridized carbons (Fsp3) is 0.500. The second-order valence-corrected chi connectivity index (χ2v) is 4.90. The second kappa shape index (κ2) is 6.87. The van der Waals surface area contributed by atoms with Crippen LogP contribution < -0.4 is 21.1 Å². The van der Waals surface area contributed by atoms with Crippen LogP contribution in [0.2, 0.25) is 0 Å². The van der Waals surface area contributed by atoms with Crippen LogP contribution in [0.4, 0.5) is 11.4 Å². The predicted molar refractivity (Wildman–Crippen MR) is 78.3 cm³/mol. The first-order valence-corrected chi connectivity index (χ1v) is 6.49. The zero-order valence-electron chi connectivity index (χ0n) is 11.8. The summed E-state index contributed by atoms with van der Waals surface area (Å²) in [6.07, 6.45) is 0. The first-order chi connectivity index (χ1) is 8.93. The van der Waals surface area contributed by atoms with E-state index < -0.39 is 0 Å². The van der Waals surface area contributed by atoms with E-state index in [-0.39, 0.29) is 12.5 Å². The fourth-order valence-corrected chi connectivity index (χ4v) is 1.89. The van der Waals surface area contributed by atoms with Crippen molar-refractivity contribution in [2.24, 2.45) is 11.7 Å². The minimum atomic E-state index is -0.351. The molecule has 0 aliphatic rings. The molecule has 0 atom stereocenters. The summed E-state index contributed by atoms with van der Waals surface area (Å²) in [4.78, 5) is 13.1. The second-order valence-electron chi connectivity index (χ2n) is 4.90. The average molecular weight is 265 g/mol. The van der Waals surface area contributed by atoms with Gasteiger partial charge in [-0.2, -0.15) is 0 Å². The van der Waals surface area contributed by atoms with Gasteiger partial charge in [0, 0.05) is 18.3 Å². The van der Waals surface area contributed by atoms with Crippen molar-refractivity contribution < 1.29 is 9.53 Å². The number of hydrogen-bond acceptors (Lipinski definition) is 4. The van der Waals surface area contributed by atoms with E-state index in [4.69, 9.17) is 16.2 Å². The summed E-state index contributed by atoms with van der Waals surface area (Å²) < 4.78 is 5.47. The van der Waals surface area contributed by atoms with E-state index in [0.717, 1.165) is 12.2 Å². The summed E-state index contributed by atoms with van der Waals surface area (Å²) in [5.74, 6) is 0.709. The van der Waals surface area contributed by atoms with Crippen LogP contribution in [0.1, 0.15) is 20.8 Å². The molecule has 106 valence electrons. The molecule has 0 saturated carbocycles. The third-order valence-corrected chi connectivity index (χ3v) is 2.59. The lowest BCUT2D eigenvalue weighted by Crippen LogP contribution is -2.36. The maximum absolute atomic E-state index is 11.2. The molecule has 0 aliphatic heterocycles. The van der Waals surface area contributed by atoms with E-state index >= 15 is 0 Å². The van der Waals surface area contributed by atoms with E-state index in [9.17, 15) is 4.79 Å². The molecular formula is C14H23N3O2. The number of carbonyl (C=O) groups excluding carboxylic acids is 1. The van der Waals surface area contributed by atoms with Crippen molar-refractivity contribution in [1.82, 2.24) is 0 Å². The fourth-order valence-electron chi connectivity index (χ4n) is 1.89. The van der Waals surface area contributed by atoms with E-state index in [1.54, 1.807) is 6.07 Å². The minimum absolute atomic E-state index is 0.188. The molecule has 4 N–H and O–H groups in total. The first-order valence-electron chi connectivity index (χ1n) is 6.49. The molecule has 1 amide bonds. The highest BCUT2D eigenvalue weighted by Gasteiger charge is 2.13. The molecule has 0 heterocycles. The molecule has 0 aliphatic carbocycles. The quantitative estimate of drug-likeness (QED) is 0.734. The number of carbonyl (C=O) groups is 1. The Labute approximate surface area is 114 Å². The number of nitrogen functional groups attached to an aromatic ring is 1. The van der Waals surface area contributed by atoms with Gasteiger partial charge in [0.2, 0.25) is 5.91 Å². The largest absolute Gasteiger partial charge is 0.492 e. The van der Waals surface area contributed by atoms with E-state index in [1.807, 2.05) is 24.0 Å². The number of ether oxygens (including phenoxy) is 1. The summed E-state index contributed by atoms with van der Waals surface area (Å²) in [6, 6.07) is 5.52. The van der Waals surface area contributed by atoms with Gasteiger partial charge in [-0.1, -0.05) is 13.8 Å². The molecule has 0 bridgehead atoms. The maximum atomic E-state index is 11.2. The number of nitrogens with two attached hydrogens (primary N) is 2. The van der Waals surface area contributed by atoms with Gasteiger partial charge >= 0.3 is 0 Å². The Morgan fingerprint density at radius 1 is 1.42 bits per heavy atom. The van der Waals surface area contributed by atoms with Crippen molar-refractivity contribution in [1.29, 1.82) is 0 Å². The Kier molecular flexibility index (Phi) is 5.48. The first kappa shape index (κ1) is 15.1. The molecule has 0 spiro atoms. The van der Waals surface area contributed by atoms with E-state index in [1.165, 1.54) is 0 Å². The van der Waals surface area contributed by atoms with Gasteiger partial charge in [-0.15, -0.1) is 0 Å². The van der Waals surface area contributed by atoms with Crippen molar-refractivity contribution in [2.75, 3.05) is 30.3 Å². The van der Waals surface area contributed by atoms with Crippen molar-refractivity contribution in [3.63, 3.8) is 0 Å².